The SMILES string of the molecule is Cc1cc(-c2cccc(F)c2)cc(C(=O)NNS(=O)(=O)CC2CCN(C(=O)CCN(C)C)CC2)c1F. The molecular formula is C25H32F2N4O4S. The van der Waals surface area contributed by atoms with Crippen LogP contribution in [0.25, 0.3) is 11.1 Å². The van der Waals surface area contributed by atoms with Crippen molar-refractivity contribution in [3.8, 4) is 11.1 Å². The molecule has 0 bridgehead atoms. The highest BCUT2D eigenvalue weighted by atomic mass is 32.2. The van der Waals surface area contributed by atoms with Crippen LogP contribution in [0.1, 0.15) is 35.2 Å². The summed E-state index contributed by atoms with van der Waals surface area (Å²) >= 11 is 0. The number of hydrogen-bond donors (Lipinski definition) is 2. The van der Waals surface area contributed by atoms with Gasteiger partial charge in [0.2, 0.25) is 15.9 Å². The standard InChI is InChI=1S/C25H32F2N4O4S/c1-17-13-20(19-5-4-6-21(26)14-19)15-22(24(17)27)25(33)28-29-36(34,35)16-18-7-11-31(12-8-18)23(32)9-10-30(2)3/h4-6,13-15,18,29H,7-12,16H2,1-3H3,(H,28,33). The Kier molecular flexibility index (Phi) is 9.15. The van der Waals surface area contributed by atoms with Crippen molar-refractivity contribution in [2.24, 2.45) is 5.92 Å². The summed E-state index contributed by atoms with van der Waals surface area (Å²) in [6.07, 6.45) is 1.48. The maximum absolute atomic E-state index is 14.7. The van der Waals surface area contributed by atoms with E-state index in [9.17, 15) is 26.8 Å². The molecule has 0 atom stereocenters. The summed E-state index contributed by atoms with van der Waals surface area (Å²) in [7, 11) is -0.107. The number of halogens is 2. The maximum Gasteiger partial charge on any atom is 0.269 e. The quantitative estimate of drug-likeness (QED) is 0.494. The molecule has 2 aromatic carbocycles. The molecule has 0 saturated carbocycles. The molecule has 1 fully saturated rings. The topological polar surface area (TPSA) is 98.8 Å². The van der Waals surface area contributed by atoms with Crippen molar-refractivity contribution in [2.75, 3.05) is 39.5 Å². The van der Waals surface area contributed by atoms with Gasteiger partial charge in [0, 0.05) is 26.1 Å². The van der Waals surface area contributed by atoms with Gasteiger partial charge in [0.1, 0.15) is 11.6 Å². The van der Waals surface area contributed by atoms with E-state index in [1.54, 1.807) is 11.0 Å². The van der Waals surface area contributed by atoms with Crippen LogP contribution in [0.4, 0.5) is 8.78 Å². The lowest BCUT2D eigenvalue weighted by Gasteiger charge is -2.32. The van der Waals surface area contributed by atoms with E-state index in [1.807, 2.05) is 23.8 Å². The minimum Gasteiger partial charge on any atom is -0.343 e. The van der Waals surface area contributed by atoms with E-state index in [-0.39, 0.29) is 28.7 Å². The number of nitrogens with zero attached hydrogens (tertiary/aromatic N) is 2. The van der Waals surface area contributed by atoms with Gasteiger partial charge in [0.25, 0.3) is 5.91 Å². The molecule has 36 heavy (non-hydrogen) atoms. The molecule has 0 spiro atoms. The van der Waals surface area contributed by atoms with Gasteiger partial charge in [0.15, 0.2) is 0 Å². The summed E-state index contributed by atoms with van der Waals surface area (Å²) in [4.78, 5) is 30.6. The summed E-state index contributed by atoms with van der Waals surface area (Å²) in [5.74, 6) is -2.58. The van der Waals surface area contributed by atoms with Crippen molar-refractivity contribution < 1.29 is 26.8 Å². The van der Waals surface area contributed by atoms with Crippen LogP contribution in [0.15, 0.2) is 36.4 Å². The molecule has 0 aromatic heterocycles. The van der Waals surface area contributed by atoms with Crippen molar-refractivity contribution in [1.29, 1.82) is 0 Å². The number of rotatable bonds is 9. The van der Waals surface area contributed by atoms with Crippen LogP contribution in [0, 0.1) is 24.5 Å². The van der Waals surface area contributed by atoms with Gasteiger partial charge < -0.3 is 9.80 Å². The zero-order chi connectivity index (χ0) is 26.5. The first kappa shape index (κ1) is 27.7. The molecule has 2 aromatic rings. The van der Waals surface area contributed by atoms with E-state index in [0.29, 0.717) is 50.0 Å². The first-order valence-electron chi connectivity index (χ1n) is 11.7. The Balaban J connectivity index is 1.58. The number of carbonyl (C=O) groups is 2. The number of hydrazine groups is 1. The van der Waals surface area contributed by atoms with Crippen LogP contribution in [-0.2, 0) is 14.8 Å². The predicted molar refractivity (Wildman–Crippen MR) is 133 cm³/mol. The van der Waals surface area contributed by atoms with Crippen LogP contribution in [0.5, 0.6) is 0 Å². The first-order valence-corrected chi connectivity index (χ1v) is 13.4. The Morgan fingerprint density at radius 3 is 2.42 bits per heavy atom. The molecule has 11 heteroatoms. The molecule has 8 nitrogen and oxygen atoms in total. The molecule has 2 N–H and O–H groups in total. The second kappa shape index (κ2) is 11.9. The largest absolute Gasteiger partial charge is 0.343 e. The third-order valence-electron chi connectivity index (χ3n) is 6.17. The smallest absolute Gasteiger partial charge is 0.269 e. The molecule has 3 rings (SSSR count). The van der Waals surface area contributed by atoms with Crippen molar-refractivity contribution in [3.63, 3.8) is 0 Å². The van der Waals surface area contributed by atoms with E-state index < -0.39 is 27.6 Å². The third-order valence-corrected chi connectivity index (χ3v) is 7.50. The fraction of sp³-hybridized carbons (Fsp3) is 0.440. The van der Waals surface area contributed by atoms with E-state index in [2.05, 4.69) is 5.43 Å². The Morgan fingerprint density at radius 2 is 1.78 bits per heavy atom. The molecule has 196 valence electrons. The number of nitrogens with one attached hydrogen (secondary N) is 2. The number of sulfonamides is 1. The highest BCUT2D eigenvalue weighted by Crippen LogP contribution is 2.25. The van der Waals surface area contributed by atoms with Crippen molar-refractivity contribution in [2.45, 2.75) is 26.2 Å². The molecule has 1 saturated heterocycles. The number of piperidine rings is 1. The Morgan fingerprint density at radius 1 is 1.08 bits per heavy atom. The van der Waals surface area contributed by atoms with Gasteiger partial charge >= 0.3 is 0 Å². The summed E-state index contributed by atoms with van der Waals surface area (Å²) in [6.45, 7) is 3.09. The van der Waals surface area contributed by atoms with Crippen LogP contribution in [0.3, 0.4) is 0 Å². The van der Waals surface area contributed by atoms with Crippen molar-refractivity contribution in [1.82, 2.24) is 20.1 Å². The zero-order valence-electron chi connectivity index (χ0n) is 20.7. The first-order chi connectivity index (χ1) is 16.9. The van der Waals surface area contributed by atoms with Crippen LogP contribution < -0.4 is 10.3 Å². The average Bonchev–Trinajstić information content (AvgIpc) is 2.83. The fourth-order valence-corrected chi connectivity index (χ4v) is 5.42. The van der Waals surface area contributed by atoms with Gasteiger partial charge in [-0.3, -0.25) is 15.0 Å². The number of aryl methyl sites for hydroxylation is 1. The van der Waals surface area contributed by atoms with Gasteiger partial charge in [0.05, 0.1) is 11.3 Å². The number of carbonyl (C=O) groups excluding carboxylic acids is 2. The molecule has 0 radical (unpaired) electrons. The minimum absolute atomic E-state index is 0.0492. The van der Waals surface area contributed by atoms with Gasteiger partial charge in [-0.2, -0.15) is 0 Å². The van der Waals surface area contributed by atoms with Crippen LogP contribution >= 0.6 is 0 Å². The van der Waals surface area contributed by atoms with Crippen molar-refractivity contribution in [3.05, 3.63) is 59.2 Å². The average molecular weight is 523 g/mol. The third kappa shape index (κ3) is 7.55. The molecule has 1 aliphatic heterocycles. The van der Waals surface area contributed by atoms with E-state index in [1.165, 1.54) is 37.3 Å². The van der Waals surface area contributed by atoms with Gasteiger partial charge in [-0.15, -0.1) is 4.83 Å². The molecule has 0 aliphatic carbocycles. The fourth-order valence-electron chi connectivity index (χ4n) is 4.14. The van der Waals surface area contributed by atoms with Crippen LogP contribution in [0.2, 0.25) is 0 Å². The number of likely N-dealkylation sites (tertiary alicyclic amines) is 1. The number of amides is 2. The lowest BCUT2D eigenvalue weighted by Crippen LogP contribution is -2.46. The van der Waals surface area contributed by atoms with Gasteiger partial charge in [-0.1, -0.05) is 12.1 Å². The Hall–Kier alpha value is -2.89. The van der Waals surface area contributed by atoms with E-state index in [0.717, 1.165) is 0 Å². The van der Waals surface area contributed by atoms with Gasteiger partial charge in [-0.05, 0) is 80.7 Å². The highest BCUT2D eigenvalue weighted by molar-refractivity contribution is 7.89. The normalized spacial score (nSPS) is 14.8. The van der Waals surface area contributed by atoms with E-state index in [4.69, 9.17) is 0 Å². The summed E-state index contributed by atoms with van der Waals surface area (Å²) in [5, 5.41) is 0. The van der Waals surface area contributed by atoms with E-state index >= 15 is 0 Å². The summed E-state index contributed by atoms with van der Waals surface area (Å²) in [5.41, 5.74) is 2.77. The molecule has 1 aliphatic rings. The maximum atomic E-state index is 14.7. The van der Waals surface area contributed by atoms with Crippen molar-refractivity contribution >= 4 is 21.8 Å². The van der Waals surface area contributed by atoms with Crippen LogP contribution in [-0.4, -0.2) is 69.5 Å². The Labute approximate surface area is 210 Å². The second-order valence-corrected chi connectivity index (χ2v) is 11.1. The molecule has 2 amide bonds. The summed E-state index contributed by atoms with van der Waals surface area (Å²) in [6, 6.07) is 8.41. The lowest BCUT2D eigenvalue weighted by molar-refractivity contribution is -0.132. The lowest BCUT2D eigenvalue weighted by atomic mass is 9.99. The highest BCUT2D eigenvalue weighted by Gasteiger charge is 2.27. The second-order valence-electron chi connectivity index (χ2n) is 9.38. The number of benzene rings is 2. The zero-order valence-corrected chi connectivity index (χ0v) is 21.5. The predicted octanol–water partition coefficient (Wildman–Crippen LogP) is 2.69. The minimum atomic E-state index is -3.90. The van der Waals surface area contributed by atoms with Gasteiger partial charge in [-0.25, -0.2) is 17.2 Å². The molecule has 1 heterocycles. The Bertz CT molecular complexity index is 1210. The summed E-state index contributed by atoms with van der Waals surface area (Å²) < 4.78 is 53.4. The monoisotopic (exact) mass is 522 g/mol. The number of hydrogen-bond acceptors (Lipinski definition) is 5. The molecular weight excluding hydrogens is 490 g/mol. The molecule has 0 unspecified atom stereocenters.